The molecule has 103 valence electrons. The minimum absolute atomic E-state index is 1.34. The Labute approximate surface area is 111 Å². The first-order valence-electron chi connectivity index (χ1n) is 8.18. The van der Waals surface area contributed by atoms with E-state index in [-0.39, 0.29) is 0 Å². The molecule has 17 heavy (non-hydrogen) atoms. The van der Waals surface area contributed by atoms with Crippen molar-refractivity contribution in [3.8, 4) is 0 Å². The SMILES string of the molecule is CCCCCCCCCC[C](CCC)CCC. The van der Waals surface area contributed by atoms with Gasteiger partial charge in [-0.3, -0.25) is 0 Å². The van der Waals surface area contributed by atoms with E-state index in [4.69, 9.17) is 0 Å². The van der Waals surface area contributed by atoms with E-state index in [1.165, 1.54) is 83.5 Å². The van der Waals surface area contributed by atoms with Crippen LogP contribution in [0.15, 0.2) is 0 Å². The Balaban J connectivity index is 3.23. The Morgan fingerprint density at radius 1 is 0.471 bits per heavy atom. The molecule has 0 heteroatoms. The second-order valence-corrected chi connectivity index (χ2v) is 5.47. The average molecular weight is 239 g/mol. The summed E-state index contributed by atoms with van der Waals surface area (Å²) in [5.74, 6) is 1.83. The largest absolute Gasteiger partial charge is 0.0654 e. The van der Waals surface area contributed by atoms with Crippen LogP contribution in [0.4, 0.5) is 0 Å². The van der Waals surface area contributed by atoms with Crippen molar-refractivity contribution in [3.63, 3.8) is 0 Å². The Morgan fingerprint density at radius 2 is 0.941 bits per heavy atom. The number of hydrogen-bond donors (Lipinski definition) is 0. The van der Waals surface area contributed by atoms with E-state index in [9.17, 15) is 0 Å². The summed E-state index contributed by atoms with van der Waals surface area (Å²) in [6.45, 7) is 6.91. The first-order valence-corrected chi connectivity index (χ1v) is 8.18. The van der Waals surface area contributed by atoms with Gasteiger partial charge in [0, 0.05) is 0 Å². The quantitative estimate of drug-likeness (QED) is 0.314. The van der Waals surface area contributed by atoms with Crippen molar-refractivity contribution in [1.29, 1.82) is 0 Å². The summed E-state index contributed by atoms with van der Waals surface area (Å²) in [6.07, 6.45) is 18.4. The maximum absolute atomic E-state index is 2.31. The van der Waals surface area contributed by atoms with Gasteiger partial charge in [0.1, 0.15) is 0 Å². The van der Waals surface area contributed by atoms with Crippen LogP contribution >= 0.6 is 0 Å². The van der Waals surface area contributed by atoms with Crippen molar-refractivity contribution in [2.45, 2.75) is 104 Å². The van der Waals surface area contributed by atoms with Crippen molar-refractivity contribution < 1.29 is 0 Å². The monoisotopic (exact) mass is 239 g/mol. The van der Waals surface area contributed by atoms with E-state index in [1.807, 2.05) is 5.92 Å². The molecule has 0 saturated heterocycles. The van der Waals surface area contributed by atoms with Crippen molar-refractivity contribution in [2.75, 3.05) is 0 Å². The summed E-state index contributed by atoms with van der Waals surface area (Å²) in [4.78, 5) is 0. The highest BCUT2D eigenvalue weighted by atomic mass is 14.1. The van der Waals surface area contributed by atoms with Crippen LogP contribution in [-0.4, -0.2) is 0 Å². The molecule has 0 aromatic carbocycles. The van der Waals surface area contributed by atoms with E-state index >= 15 is 0 Å². The van der Waals surface area contributed by atoms with Gasteiger partial charge in [0.15, 0.2) is 0 Å². The Kier molecular flexibility index (Phi) is 14.1. The van der Waals surface area contributed by atoms with Gasteiger partial charge in [-0.25, -0.2) is 0 Å². The third kappa shape index (κ3) is 12.2. The summed E-state index contributed by atoms with van der Waals surface area (Å²) < 4.78 is 0. The molecule has 0 rings (SSSR count). The normalized spacial score (nSPS) is 11.3. The van der Waals surface area contributed by atoms with Crippen LogP contribution in [0.5, 0.6) is 0 Å². The molecule has 0 aromatic heterocycles. The van der Waals surface area contributed by atoms with Gasteiger partial charge in [0.2, 0.25) is 0 Å². The predicted octanol–water partition coefficient (Wildman–Crippen LogP) is 6.69. The molecule has 0 bridgehead atoms. The summed E-state index contributed by atoms with van der Waals surface area (Å²) in [7, 11) is 0. The zero-order chi connectivity index (χ0) is 12.8. The molecule has 0 spiro atoms. The van der Waals surface area contributed by atoms with Crippen LogP contribution in [0.3, 0.4) is 0 Å². The van der Waals surface area contributed by atoms with Crippen LogP contribution in [0, 0.1) is 5.92 Å². The van der Waals surface area contributed by atoms with Gasteiger partial charge in [0.05, 0.1) is 0 Å². The van der Waals surface area contributed by atoms with Crippen molar-refractivity contribution in [2.24, 2.45) is 0 Å². The van der Waals surface area contributed by atoms with Gasteiger partial charge < -0.3 is 0 Å². The second kappa shape index (κ2) is 14.1. The molecule has 1 radical (unpaired) electrons. The van der Waals surface area contributed by atoms with E-state index in [1.54, 1.807) is 0 Å². The van der Waals surface area contributed by atoms with Crippen LogP contribution in [0.2, 0.25) is 0 Å². The molecular weight excluding hydrogens is 204 g/mol. The van der Waals surface area contributed by atoms with Gasteiger partial charge >= 0.3 is 0 Å². The molecule has 0 fully saturated rings. The number of hydrogen-bond acceptors (Lipinski definition) is 0. The maximum Gasteiger partial charge on any atom is -0.0241 e. The Morgan fingerprint density at radius 3 is 1.41 bits per heavy atom. The van der Waals surface area contributed by atoms with Crippen LogP contribution in [0.25, 0.3) is 0 Å². The lowest BCUT2D eigenvalue weighted by Gasteiger charge is -2.14. The predicted molar refractivity (Wildman–Crippen MR) is 80.3 cm³/mol. The van der Waals surface area contributed by atoms with Gasteiger partial charge in [-0.15, -0.1) is 0 Å². The van der Waals surface area contributed by atoms with Gasteiger partial charge in [-0.05, 0) is 25.2 Å². The lowest BCUT2D eigenvalue weighted by molar-refractivity contribution is 0.544. The minimum atomic E-state index is 1.34. The lowest BCUT2D eigenvalue weighted by atomic mass is 9.92. The van der Waals surface area contributed by atoms with Crippen molar-refractivity contribution in [1.82, 2.24) is 0 Å². The highest BCUT2D eigenvalue weighted by molar-refractivity contribution is 4.88. The lowest BCUT2D eigenvalue weighted by Crippen LogP contribution is -1.97. The molecule has 0 unspecified atom stereocenters. The van der Waals surface area contributed by atoms with Crippen molar-refractivity contribution >= 4 is 0 Å². The Bertz CT molecular complexity index is 122. The molecule has 0 aliphatic heterocycles. The third-order valence-corrected chi connectivity index (χ3v) is 3.59. The summed E-state index contributed by atoms with van der Waals surface area (Å²) in [5.41, 5.74) is 0. The minimum Gasteiger partial charge on any atom is -0.0654 e. The maximum atomic E-state index is 2.31. The van der Waals surface area contributed by atoms with Crippen LogP contribution in [-0.2, 0) is 0 Å². The number of unbranched alkanes of at least 4 members (excludes halogenated alkanes) is 7. The fourth-order valence-corrected chi connectivity index (χ4v) is 2.59. The molecular formula is C17H35. The molecule has 0 amide bonds. The summed E-state index contributed by atoms with van der Waals surface area (Å²) in [6, 6.07) is 0. The van der Waals surface area contributed by atoms with Crippen LogP contribution in [0.1, 0.15) is 104 Å². The van der Waals surface area contributed by atoms with Gasteiger partial charge in [0.25, 0.3) is 0 Å². The van der Waals surface area contributed by atoms with E-state index in [0.717, 1.165) is 0 Å². The first kappa shape index (κ1) is 17.0. The fraction of sp³-hybridized carbons (Fsp3) is 0.941. The third-order valence-electron chi connectivity index (χ3n) is 3.59. The summed E-state index contributed by atoms with van der Waals surface area (Å²) >= 11 is 0. The standard InChI is InChI=1S/C17H35/c1-4-7-8-9-10-11-12-13-16-17(14-5-2)15-6-3/h4-16H2,1-3H3. The summed E-state index contributed by atoms with van der Waals surface area (Å²) in [5, 5.41) is 0. The highest BCUT2D eigenvalue weighted by Gasteiger charge is 2.06. The first-order chi connectivity index (χ1) is 8.35. The number of rotatable bonds is 13. The second-order valence-electron chi connectivity index (χ2n) is 5.47. The fourth-order valence-electron chi connectivity index (χ4n) is 2.59. The smallest absolute Gasteiger partial charge is 0.0241 e. The molecule has 0 nitrogen and oxygen atoms in total. The van der Waals surface area contributed by atoms with Crippen molar-refractivity contribution in [3.05, 3.63) is 5.92 Å². The topological polar surface area (TPSA) is 0 Å². The van der Waals surface area contributed by atoms with Gasteiger partial charge in [-0.2, -0.15) is 0 Å². The molecule has 0 saturated carbocycles. The van der Waals surface area contributed by atoms with Gasteiger partial charge in [-0.1, -0.05) is 85.0 Å². The molecule has 0 N–H and O–H groups in total. The van der Waals surface area contributed by atoms with E-state index < -0.39 is 0 Å². The zero-order valence-corrected chi connectivity index (χ0v) is 12.7. The molecule has 0 aliphatic carbocycles. The molecule has 0 heterocycles. The van der Waals surface area contributed by atoms with E-state index in [2.05, 4.69) is 20.8 Å². The molecule has 0 aromatic rings. The highest BCUT2D eigenvalue weighted by Crippen LogP contribution is 2.23. The molecule has 0 aliphatic rings. The molecule has 0 atom stereocenters. The average Bonchev–Trinajstić information content (AvgIpc) is 2.33. The zero-order valence-electron chi connectivity index (χ0n) is 12.7. The van der Waals surface area contributed by atoms with E-state index in [0.29, 0.717) is 0 Å². The Hall–Kier alpha value is 0. The van der Waals surface area contributed by atoms with Crippen LogP contribution < -0.4 is 0 Å².